The van der Waals surface area contributed by atoms with Crippen molar-refractivity contribution in [3.8, 4) is 11.1 Å². The van der Waals surface area contributed by atoms with E-state index < -0.39 is 5.97 Å². The number of rotatable bonds is 6. The highest BCUT2D eigenvalue weighted by Gasteiger charge is 2.28. The van der Waals surface area contributed by atoms with E-state index in [1.165, 1.54) is 6.20 Å². The summed E-state index contributed by atoms with van der Waals surface area (Å²) in [6.45, 7) is 4.07. The molecule has 5 aromatic rings. The highest BCUT2D eigenvalue weighted by atomic mass is 16.4. The predicted octanol–water partition coefficient (Wildman–Crippen LogP) is 5.47. The van der Waals surface area contributed by atoms with Gasteiger partial charge in [0.05, 0.1) is 33.7 Å². The molecule has 0 saturated heterocycles. The van der Waals surface area contributed by atoms with E-state index in [9.17, 15) is 14.7 Å². The Morgan fingerprint density at radius 3 is 2.38 bits per heavy atom. The Morgan fingerprint density at radius 2 is 1.67 bits per heavy atom. The van der Waals surface area contributed by atoms with E-state index >= 15 is 0 Å². The summed E-state index contributed by atoms with van der Waals surface area (Å²) in [5.41, 5.74) is 8.12. The number of nitrogens with one attached hydrogen (secondary N) is 2. The molecule has 212 valence electrons. The van der Waals surface area contributed by atoms with Crippen molar-refractivity contribution >= 4 is 56.4 Å². The van der Waals surface area contributed by atoms with Gasteiger partial charge in [-0.15, -0.1) is 0 Å². The summed E-state index contributed by atoms with van der Waals surface area (Å²) in [5.74, 6) is -1.54. The van der Waals surface area contributed by atoms with Crippen molar-refractivity contribution in [2.75, 3.05) is 48.6 Å². The smallest absolute Gasteiger partial charge is 0.355 e. The minimum atomic E-state index is -1.18. The second kappa shape index (κ2) is 9.99. The number of aromatic nitrogens is 3. The molecule has 0 unspecified atom stereocenters. The normalized spacial score (nSPS) is 12.1. The standard InChI is InChI=1S/C32H31N7O3/c1-16-11-25(38(3)4)21-13-20(8-10-23(21)35-16)33-14-19-15-34-29(32(41)42)27-18-7-9-24-22(12-18)30(39(5)6)26(17(2)36-24)31(40)37-28(19)27/h7-13,15,33H,14H2,1-6H3,(H,37,40)(H,41,42). The van der Waals surface area contributed by atoms with Crippen LogP contribution in [0.2, 0.25) is 0 Å². The van der Waals surface area contributed by atoms with Gasteiger partial charge < -0.3 is 25.5 Å². The SMILES string of the molecule is Cc1cc(N(C)C)c2cc(NCc3cnc(C(=O)O)c4c3NC(=O)c3c(C)nc5ccc-4cc5c3N(C)C)ccc2n1. The number of aromatic carboxylic acids is 1. The quantitative estimate of drug-likeness (QED) is 0.248. The van der Waals surface area contributed by atoms with Gasteiger partial charge in [0.25, 0.3) is 5.91 Å². The third kappa shape index (κ3) is 4.41. The first-order valence-corrected chi connectivity index (χ1v) is 13.5. The van der Waals surface area contributed by atoms with Crippen molar-refractivity contribution in [3.05, 3.63) is 76.9 Å². The van der Waals surface area contributed by atoms with Gasteiger partial charge in [0.2, 0.25) is 0 Å². The molecular weight excluding hydrogens is 530 g/mol. The molecule has 0 radical (unpaired) electrons. The molecular formula is C32H31N7O3. The Bertz CT molecular complexity index is 1950. The van der Waals surface area contributed by atoms with Crippen LogP contribution in [-0.4, -0.2) is 60.1 Å². The lowest BCUT2D eigenvalue weighted by atomic mass is 9.97. The lowest BCUT2D eigenvalue weighted by Crippen LogP contribution is -2.22. The summed E-state index contributed by atoms with van der Waals surface area (Å²) in [4.78, 5) is 43.9. The lowest BCUT2D eigenvalue weighted by molar-refractivity contribution is 0.0691. The number of aryl methyl sites for hydroxylation is 2. The minimum absolute atomic E-state index is 0.137. The Morgan fingerprint density at radius 1 is 0.929 bits per heavy atom. The average molecular weight is 562 g/mol. The average Bonchev–Trinajstić information content (AvgIpc) is 2.95. The molecule has 1 amide bonds. The van der Waals surface area contributed by atoms with Crippen molar-refractivity contribution in [2.24, 2.45) is 0 Å². The number of nitrogens with zero attached hydrogens (tertiary/aromatic N) is 5. The van der Waals surface area contributed by atoms with Gasteiger partial charge >= 0.3 is 5.97 Å². The van der Waals surface area contributed by atoms with Gasteiger partial charge in [-0.3, -0.25) is 14.8 Å². The van der Waals surface area contributed by atoms with Gasteiger partial charge in [0.15, 0.2) is 5.69 Å². The first kappa shape index (κ1) is 26.9. The monoisotopic (exact) mass is 561 g/mol. The van der Waals surface area contributed by atoms with Gasteiger partial charge in [0.1, 0.15) is 0 Å². The zero-order valence-corrected chi connectivity index (χ0v) is 24.3. The fourth-order valence-corrected chi connectivity index (χ4v) is 5.72. The summed E-state index contributed by atoms with van der Waals surface area (Å²) >= 11 is 0. The number of carboxylic acid groups (broad SMARTS) is 1. The van der Waals surface area contributed by atoms with Crippen LogP contribution in [0, 0.1) is 13.8 Å². The molecule has 10 heteroatoms. The Balaban J connectivity index is 1.49. The highest BCUT2D eigenvalue weighted by Crippen LogP contribution is 2.41. The van der Waals surface area contributed by atoms with Crippen LogP contribution < -0.4 is 20.4 Å². The molecule has 3 aromatic heterocycles. The molecule has 2 aromatic carbocycles. The Hall–Kier alpha value is -5.25. The fourth-order valence-electron chi connectivity index (χ4n) is 5.72. The van der Waals surface area contributed by atoms with Crippen LogP contribution in [0.5, 0.6) is 0 Å². The van der Waals surface area contributed by atoms with Crippen molar-refractivity contribution in [3.63, 3.8) is 0 Å². The first-order chi connectivity index (χ1) is 20.0. The maximum Gasteiger partial charge on any atom is 0.355 e. The predicted molar refractivity (Wildman–Crippen MR) is 167 cm³/mol. The van der Waals surface area contributed by atoms with Gasteiger partial charge in [-0.1, -0.05) is 6.07 Å². The van der Waals surface area contributed by atoms with Gasteiger partial charge in [0, 0.05) is 79.9 Å². The topological polar surface area (TPSA) is 124 Å². The minimum Gasteiger partial charge on any atom is -0.476 e. The van der Waals surface area contributed by atoms with Gasteiger partial charge in [-0.25, -0.2) is 9.78 Å². The number of hydrogen-bond acceptors (Lipinski definition) is 8. The van der Waals surface area contributed by atoms with Crippen LogP contribution >= 0.6 is 0 Å². The molecule has 1 aliphatic rings. The first-order valence-electron chi connectivity index (χ1n) is 13.5. The van der Waals surface area contributed by atoms with Crippen LogP contribution in [0.25, 0.3) is 32.9 Å². The van der Waals surface area contributed by atoms with E-state index in [-0.39, 0.29) is 18.1 Å². The van der Waals surface area contributed by atoms with Crippen LogP contribution in [0.15, 0.2) is 48.7 Å². The van der Waals surface area contributed by atoms with E-state index in [2.05, 4.69) is 30.5 Å². The van der Waals surface area contributed by atoms with E-state index in [0.29, 0.717) is 33.6 Å². The molecule has 0 atom stereocenters. The summed E-state index contributed by atoms with van der Waals surface area (Å²) < 4.78 is 0. The molecule has 0 saturated carbocycles. The number of carboxylic acids is 1. The van der Waals surface area contributed by atoms with Crippen molar-refractivity contribution < 1.29 is 14.7 Å². The number of hydrogen-bond donors (Lipinski definition) is 3. The highest BCUT2D eigenvalue weighted by molar-refractivity contribution is 6.17. The Kier molecular flexibility index (Phi) is 6.41. The molecule has 0 spiro atoms. The molecule has 3 bridgehead atoms. The summed E-state index contributed by atoms with van der Waals surface area (Å²) in [6.07, 6.45) is 1.51. The van der Waals surface area contributed by atoms with Crippen LogP contribution in [0.4, 0.5) is 22.7 Å². The van der Waals surface area contributed by atoms with Crippen molar-refractivity contribution in [1.82, 2.24) is 15.0 Å². The third-order valence-electron chi connectivity index (χ3n) is 7.58. The fraction of sp³-hybridized carbons (Fsp3) is 0.219. The van der Waals surface area contributed by atoms with E-state index in [4.69, 9.17) is 0 Å². The summed E-state index contributed by atoms with van der Waals surface area (Å²) in [7, 11) is 7.76. The third-order valence-corrected chi connectivity index (χ3v) is 7.58. The number of benzene rings is 2. The number of carbonyl (C=O) groups is 2. The lowest BCUT2D eigenvalue weighted by Gasteiger charge is -2.21. The molecule has 10 nitrogen and oxygen atoms in total. The maximum atomic E-state index is 13.9. The number of carbonyl (C=O) groups excluding carboxylic acids is 1. The molecule has 4 heterocycles. The summed E-state index contributed by atoms with van der Waals surface area (Å²) in [5, 5.41) is 18.4. The number of fused-ring (bicyclic) bond motifs is 5. The zero-order valence-electron chi connectivity index (χ0n) is 24.3. The Labute approximate surface area is 243 Å². The molecule has 6 rings (SSSR count). The summed E-state index contributed by atoms with van der Waals surface area (Å²) in [6, 6.07) is 13.6. The molecule has 42 heavy (non-hydrogen) atoms. The van der Waals surface area contributed by atoms with Gasteiger partial charge in [-0.2, -0.15) is 0 Å². The molecule has 1 aliphatic heterocycles. The second-order valence-electron chi connectivity index (χ2n) is 11.0. The van der Waals surface area contributed by atoms with Crippen LogP contribution in [0.1, 0.15) is 37.8 Å². The second-order valence-corrected chi connectivity index (χ2v) is 11.0. The number of anilines is 4. The molecule has 0 fully saturated rings. The van der Waals surface area contributed by atoms with E-state index in [0.717, 1.165) is 44.6 Å². The molecule has 3 N–H and O–H groups in total. The maximum absolute atomic E-state index is 13.9. The van der Waals surface area contributed by atoms with Gasteiger partial charge in [-0.05, 0) is 55.8 Å². The molecule has 0 aliphatic carbocycles. The van der Waals surface area contributed by atoms with Crippen LogP contribution in [-0.2, 0) is 6.54 Å². The van der Waals surface area contributed by atoms with E-state index in [1.807, 2.05) is 89.4 Å². The largest absolute Gasteiger partial charge is 0.476 e. The number of pyridine rings is 3. The number of amides is 1. The van der Waals surface area contributed by atoms with Crippen molar-refractivity contribution in [1.29, 1.82) is 0 Å². The van der Waals surface area contributed by atoms with Crippen molar-refractivity contribution in [2.45, 2.75) is 20.4 Å². The van der Waals surface area contributed by atoms with Crippen LogP contribution in [0.3, 0.4) is 0 Å². The zero-order chi connectivity index (χ0) is 29.9. The van der Waals surface area contributed by atoms with E-state index in [1.54, 1.807) is 0 Å².